The first-order chi connectivity index (χ1) is 11.5. The van der Waals surface area contributed by atoms with Gasteiger partial charge in [-0.05, 0) is 0 Å². The normalized spacial score (nSPS) is 23.8. The van der Waals surface area contributed by atoms with Gasteiger partial charge in [0.1, 0.15) is 0 Å². The minimum atomic E-state index is -2.46. The first-order valence-corrected chi connectivity index (χ1v) is 19.1. The summed E-state index contributed by atoms with van der Waals surface area (Å²) in [4.78, 5) is 0. The molecule has 25 heavy (non-hydrogen) atoms. The molecule has 2 rings (SSSR count). The average Bonchev–Trinajstić information content (AvgIpc) is 2.43. The fourth-order valence-electron chi connectivity index (χ4n) is 3.32. The van der Waals surface area contributed by atoms with E-state index in [4.69, 9.17) is 3.10 Å². The Kier molecular flexibility index (Phi) is 7.31. The number of rotatable bonds is 5. The number of benzene rings is 1. The molecule has 1 fully saturated rings. The fourth-order valence-corrected chi connectivity index (χ4v) is 17.3. The Bertz CT molecular complexity index is 627. The van der Waals surface area contributed by atoms with Crippen molar-refractivity contribution >= 4 is 42.6 Å². The van der Waals surface area contributed by atoms with Gasteiger partial charge in [-0.2, -0.15) is 0 Å². The molecule has 1 aromatic carbocycles. The van der Waals surface area contributed by atoms with E-state index in [1.165, 1.54) is 14.5 Å². The van der Waals surface area contributed by atoms with E-state index in [0.717, 1.165) is 4.47 Å². The van der Waals surface area contributed by atoms with Crippen LogP contribution < -0.4 is 0 Å². The Labute approximate surface area is 168 Å². The molecular formula is C21H33BrOSiTe. The fraction of sp³-hybridized carbons (Fsp3) is 0.619. The number of hydrogen-bond acceptors (Lipinski definition) is 1. The van der Waals surface area contributed by atoms with Crippen LogP contribution >= 0.6 is 15.9 Å². The molecule has 1 heterocycles. The quantitative estimate of drug-likeness (QED) is 0.290. The Balaban J connectivity index is 2.38. The van der Waals surface area contributed by atoms with Gasteiger partial charge in [0.25, 0.3) is 0 Å². The van der Waals surface area contributed by atoms with Gasteiger partial charge in [0.15, 0.2) is 0 Å². The SMILES string of the molecule is CC(C)C[Te]1(CC(C)C)O[C@@H](c2ccc(Br)cc2)[C@@H]1C#C[Si](C)(C)C. The molecule has 1 aliphatic heterocycles. The third-order valence-corrected chi connectivity index (χ3v) is 17.9. The summed E-state index contributed by atoms with van der Waals surface area (Å²) in [5.74, 6) is 5.18. The van der Waals surface area contributed by atoms with Crippen molar-refractivity contribution in [1.29, 1.82) is 0 Å². The number of hydrogen-bond donors (Lipinski definition) is 0. The third-order valence-electron chi connectivity index (χ3n) is 4.05. The Morgan fingerprint density at radius 1 is 1.04 bits per heavy atom. The standard InChI is InChI=1S/C21H33BrOSiTe/c1-16(2)14-25(15-17(3)4)20(12-13-24(5,6)7)21(23-25)18-8-10-19(22)11-9-18/h8-11,16-17,20-21H,14-15H2,1-7H3/t20-,21-/m0/s1. The van der Waals surface area contributed by atoms with Gasteiger partial charge in [-0.1, -0.05) is 0 Å². The zero-order valence-electron chi connectivity index (χ0n) is 16.7. The van der Waals surface area contributed by atoms with Crippen molar-refractivity contribution in [3.8, 4) is 11.5 Å². The van der Waals surface area contributed by atoms with Crippen molar-refractivity contribution in [2.24, 2.45) is 11.8 Å². The molecule has 1 aromatic rings. The molecule has 0 aromatic heterocycles. The van der Waals surface area contributed by atoms with Crippen molar-refractivity contribution in [2.45, 2.75) is 66.3 Å². The molecule has 4 heteroatoms. The van der Waals surface area contributed by atoms with E-state index in [2.05, 4.69) is 99.0 Å². The molecule has 2 atom stereocenters. The van der Waals surface area contributed by atoms with Crippen molar-refractivity contribution in [2.75, 3.05) is 0 Å². The van der Waals surface area contributed by atoms with Crippen LogP contribution in [0.3, 0.4) is 0 Å². The van der Waals surface area contributed by atoms with Crippen LogP contribution in [0.5, 0.6) is 0 Å². The van der Waals surface area contributed by atoms with Crippen LogP contribution in [0.25, 0.3) is 0 Å². The van der Waals surface area contributed by atoms with E-state index in [1.54, 1.807) is 0 Å². The van der Waals surface area contributed by atoms with Crippen LogP contribution in [-0.2, 0) is 3.10 Å². The first-order valence-electron chi connectivity index (χ1n) is 9.26. The topological polar surface area (TPSA) is 9.23 Å². The molecular weight excluding hydrogens is 504 g/mol. The maximum atomic E-state index is 6.84. The molecule has 0 N–H and O–H groups in total. The molecule has 0 amide bonds. The zero-order valence-corrected chi connectivity index (χ0v) is 21.6. The zero-order chi connectivity index (χ0) is 18.8. The van der Waals surface area contributed by atoms with Gasteiger partial charge < -0.3 is 0 Å². The molecule has 1 aliphatic rings. The molecule has 0 spiro atoms. The molecule has 140 valence electrons. The van der Waals surface area contributed by atoms with Crippen LogP contribution in [0, 0.1) is 23.3 Å². The minimum absolute atomic E-state index is 0.190. The van der Waals surface area contributed by atoms with Crippen LogP contribution in [0.4, 0.5) is 0 Å². The molecule has 1 saturated heterocycles. The summed E-state index contributed by atoms with van der Waals surface area (Å²) < 4.78 is 11.0. The van der Waals surface area contributed by atoms with Gasteiger partial charge in [0.2, 0.25) is 0 Å². The van der Waals surface area contributed by atoms with E-state index in [0.29, 0.717) is 15.8 Å². The van der Waals surface area contributed by atoms with Crippen LogP contribution in [0.2, 0.25) is 32.5 Å². The molecule has 1 nitrogen and oxygen atoms in total. The van der Waals surface area contributed by atoms with E-state index in [-0.39, 0.29) is 6.10 Å². The van der Waals surface area contributed by atoms with Crippen molar-refractivity contribution in [3.05, 3.63) is 34.3 Å². The summed E-state index contributed by atoms with van der Waals surface area (Å²) in [6.45, 7) is 16.4. The van der Waals surface area contributed by atoms with Gasteiger partial charge >= 0.3 is 170 Å². The average molecular weight is 537 g/mol. The van der Waals surface area contributed by atoms with Gasteiger partial charge in [-0.3, -0.25) is 0 Å². The van der Waals surface area contributed by atoms with Crippen molar-refractivity contribution in [3.63, 3.8) is 0 Å². The van der Waals surface area contributed by atoms with Crippen molar-refractivity contribution in [1.82, 2.24) is 0 Å². The van der Waals surface area contributed by atoms with Gasteiger partial charge in [-0.25, -0.2) is 0 Å². The van der Waals surface area contributed by atoms with Gasteiger partial charge in [0.05, 0.1) is 0 Å². The molecule has 0 radical (unpaired) electrons. The third kappa shape index (κ3) is 5.85. The monoisotopic (exact) mass is 538 g/mol. The molecule has 0 bridgehead atoms. The Morgan fingerprint density at radius 2 is 1.56 bits per heavy atom. The Morgan fingerprint density at radius 3 is 2.00 bits per heavy atom. The predicted molar refractivity (Wildman–Crippen MR) is 118 cm³/mol. The maximum absolute atomic E-state index is 6.84. The van der Waals surface area contributed by atoms with Gasteiger partial charge in [0, 0.05) is 0 Å². The molecule has 0 unspecified atom stereocenters. The van der Waals surface area contributed by atoms with E-state index >= 15 is 0 Å². The second kappa shape index (κ2) is 8.49. The van der Waals surface area contributed by atoms with E-state index < -0.39 is 26.7 Å². The molecule has 0 saturated carbocycles. The summed E-state index contributed by atoms with van der Waals surface area (Å²) in [5, 5.41) is 0. The van der Waals surface area contributed by atoms with Crippen LogP contribution in [-0.4, -0.2) is 26.7 Å². The van der Waals surface area contributed by atoms with Crippen molar-refractivity contribution < 1.29 is 3.10 Å². The predicted octanol–water partition coefficient (Wildman–Crippen LogP) is 7.03. The summed E-state index contributed by atoms with van der Waals surface area (Å²) in [7, 11) is -1.38. The summed E-state index contributed by atoms with van der Waals surface area (Å²) in [6.07, 6.45) is 0.190. The van der Waals surface area contributed by atoms with Crippen LogP contribution in [0.15, 0.2) is 28.7 Å². The molecule has 0 aliphatic carbocycles. The number of halogens is 1. The summed E-state index contributed by atoms with van der Waals surface area (Å²) in [5.41, 5.74) is 4.98. The second-order valence-electron chi connectivity index (χ2n) is 9.00. The second-order valence-corrected chi connectivity index (χ2v) is 23.5. The van der Waals surface area contributed by atoms with Crippen LogP contribution in [0.1, 0.15) is 39.4 Å². The summed E-state index contributed by atoms with van der Waals surface area (Å²) in [6, 6.07) is 8.66. The Hall–Kier alpha value is 0.226. The van der Waals surface area contributed by atoms with E-state index in [1.807, 2.05) is 0 Å². The first kappa shape index (κ1) is 21.5. The van der Waals surface area contributed by atoms with Gasteiger partial charge in [-0.15, -0.1) is 0 Å². The van der Waals surface area contributed by atoms with E-state index in [9.17, 15) is 0 Å². The summed E-state index contributed by atoms with van der Waals surface area (Å²) >= 11 is 1.09.